The Balaban J connectivity index is 4.32. The fourth-order valence-electron chi connectivity index (χ4n) is 7.29. The molecule has 1 N–H and O–H groups in total. The Bertz CT molecular complexity index is 1270. The Hall–Kier alpha value is -3.23. The molecule has 0 bridgehead atoms. The quantitative estimate of drug-likeness (QED) is 0.0281. The van der Waals surface area contributed by atoms with E-state index in [0.717, 1.165) is 57.8 Å². The monoisotopic (exact) mass is 897 g/mol. The highest BCUT2D eigenvalue weighted by molar-refractivity contribution is 5.72. The number of aliphatic carboxylic acids is 1. The zero-order valence-electron chi connectivity index (χ0n) is 42.0. The molecule has 0 aromatic rings. The second-order valence-corrected chi connectivity index (χ2v) is 18.4. The van der Waals surface area contributed by atoms with Crippen molar-refractivity contribution >= 4 is 17.9 Å². The van der Waals surface area contributed by atoms with Gasteiger partial charge in [-0.3, -0.25) is 9.59 Å². The van der Waals surface area contributed by atoms with Crippen LogP contribution in [0.5, 0.6) is 0 Å². The number of carbonyl (C=O) groups excluding carboxylic acids is 2. The molecule has 368 valence electrons. The fraction of sp³-hybridized carbons (Fsp3) is 0.732. The Labute approximate surface area is 393 Å². The smallest absolute Gasteiger partial charge is 0.362 e. The van der Waals surface area contributed by atoms with Gasteiger partial charge in [-0.15, -0.1) is 0 Å². The highest BCUT2D eigenvalue weighted by Crippen LogP contribution is 2.14. The van der Waals surface area contributed by atoms with Gasteiger partial charge in [-0.2, -0.15) is 0 Å². The number of unbranched alkanes of at least 4 members (excludes halogenated alkanes) is 20. The lowest BCUT2D eigenvalue weighted by atomic mass is 10.1. The van der Waals surface area contributed by atoms with E-state index >= 15 is 0 Å². The highest BCUT2D eigenvalue weighted by Gasteiger charge is 2.31. The van der Waals surface area contributed by atoms with Crippen LogP contribution in [0, 0.1) is 0 Å². The van der Waals surface area contributed by atoms with Gasteiger partial charge in [0.15, 0.2) is 12.1 Å². The maximum Gasteiger partial charge on any atom is 0.362 e. The van der Waals surface area contributed by atoms with Crippen LogP contribution in [-0.4, -0.2) is 80.6 Å². The van der Waals surface area contributed by atoms with Crippen molar-refractivity contribution in [2.24, 2.45) is 0 Å². The molecule has 0 rings (SSSR count). The van der Waals surface area contributed by atoms with Crippen LogP contribution >= 0.6 is 0 Å². The normalized spacial score (nSPS) is 13.5. The van der Waals surface area contributed by atoms with Crippen molar-refractivity contribution in [3.8, 4) is 0 Å². The van der Waals surface area contributed by atoms with Crippen LogP contribution in [0.4, 0.5) is 0 Å². The maximum absolute atomic E-state index is 12.8. The molecule has 2 unspecified atom stereocenters. The Morgan fingerprint density at radius 1 is 0.469 bits per heavy atom. The number of hydrogen-bond acceptors (Lipinski definition) is 6. The van der Waals surface area contributed by atoms with Crippen molar-refractivity contribution in [1.29, 1.82) is 0 Å². The first-order chi connectivity index (χ1) is 31.1. The van der Waals surface area contributed by atoms with Gasteiger partial charge in [-0.25, -0.2) is 4.79 Å². The van der Waals surface area contributed by atoms with Gasteiger partial charge in [0.05, 0.1) is 34.4 Å². The van der Waals surface area contributed by atoms with Crippen LogP contribution in [0.25, 0.3) is 0 Å². The van der Waals surface area contributed by atoms with Gasteiger partial charge in [-0.1, -0.05) is 183 Å². The summed E-state index contributed by atoms with van der Waals surface area (Å²) < 4.78 is 17.3. The molecule has 0 aliphatic carbocycles. The van der Waals surface area contributed by atoms with Gasteiger partial charge >= 0.3 is 17.9 Å². The number of carboxylic acids is 1. The third kappa shape index (κ3) is 44.0. The molecular formula is C56H98NO7+. The zero-order chi connectivity index (χ0) is 47.0. The number of likely N-dealkylation sites (N-methyl/N-ethyl adjacent to an activating group) is 1. The van der Waals surface area contributed by atoms with Gasteiger partial charge in [0.1, 0.15) is 6.61 Å². The lowest BCUT2D eigenvalue weighted by Gasteiger charge is -2.31. The minimum atomic E-state index is -0.886. The Morgan fingerprint density at radius 2 is 0.844 bits per heavy atom. The second kappa shape index (κ2) is 46.3. The predicted molar refractivity (Wildman–Crippen MR) is 270 cm³/mol. The van der Waals surface area contributed by atoms with Gasteiger partial charge in [-0.05, 0) is 83.5 Å². The minimum absolute atomic E-state index is 0.0337. The van der Waals surface area contributed by atoms with E-state index in [-0.39, 0.29) is 42.7 Å². The van der Waals surface area contributed by atoms with Crippen LogP contribution in [0.1, 0.15) is 213 Å². The number of quaternary nitrogens is 1. The van der Waals surface area contributed by atoms with E-state index < -0.39 is 18.1 Å². The summed E-state index contributed by atoms with van der Waals surface area (Å²) in [6.07, 6.45) is 59.6. The van der Waals surface area contributed by atoms with Crippen molar-refractivity contribution in [2.75, 3.05) is 41.0 Å². The Kier molecular flexibility index (Phi) is 44.0. The molecular weight excluding hydrogens is 799 g/mol. The molecule has 0 fully saturated rings. The third-order valence-electron chi connectivity index (χ3n) is 11.3. The van der Waals surface area contributed by atoms with Gasteiger partial charge in [0.2, 0.25) is 0 Å². The lowest BCUT2D eigenvalue weighted by Crippen LogP contribution is -2.50. The standard InChI is InChI=1S/C56H97NO7/c1-6-8-10-12-14-16-18-20-22-24-25-26-27-28-29-31-32-34-36-38-40-42-44-46-54(58)63-51-52(50-62-49-48-53(56(60)61)57(3,4)5)64-55(59)47-45-43-41-39-37-35-33-30-23-21-19-17-15-13-11-9-7-2/h15,17,21,23,25-26,28-29,33,35,39,41,52-53H,6-14,16,18-20,22,24,27,30-32,34,36-38,40,42-51H2,1-5H3/p+1/b17-15+,23-21+,26-25+,29-28+,35-33+,41-39+. The van der Waals surface area contributed by atoms with Crippen molar-refractivity contribution in [3.63, 3.8) is 0 Å². The van der Waals surface area contributed by atoms with E-state index in [4.69, 9.17) is 14.2 Å². The van der Waals surface area contributed by atoms with Crippen LogP contribution in [0.2, 0.25) is 0 Å². The van der Waals surface area contributed by atoms with Gasteiger partial charge in [0, 0.05) is 19.3 Å². The molecule has 2 atom stereocenters. The van der Waals surface area contributed by atoms with Crippen LogP contribution < -0.4 is 0 Å². The van der Waals surface area contributed by atoms with E-state index in [0.29, 0.717) is 19.3 Å². The molecule has 64 heavy (non-hydrogen) atoms. The zero-order valence-corrected chi connectivity index (χ0v) is 42.0. The Morgan fingerprint density at radius 3 is 1.30 bits per heavy atom. The third-order valence-corrected chi connectivity index (χ3v) is 11.3. The summed E-state index contributed by atoms with van der Waals surface area (Å²) in [6, 6.07) is -0.629. The molecule has 0 heterocycles. The molecule has 8 heteroatoms. The predicted octanol–water partition coefficient (Wildman–Crippen LogP) is 15.1. The summed E-state index contributed by atoms with van der Waals surface area (Å²) in [4.78, 5) is 37.1. The first-order valence-electron chi connectivity index (χ1n) is 26.0. The molecule has 0 saturated carbocycles. The summed E-state index contributed by atoms with van der Waals surface area (Å²) >= 11 is 0. The lowest BCUT2D eigenvalue weighted by molar-refractivity contribution is -0.887. The first kappa shape index (κ1) is 60.8. The summed E-state index contributed by atoms with van der Waals surface area (Å²) in [5.74, 6) is -1.55. The van der Waals surface area contributed by atoms with Gasteiger partial charge < -0.3 is 23.8 Å². The summed E-state index contributed by atoms with van der Waals surface area (Å²) in [6.45, 7) is 4.65. The fourth-order valence-corrected chi connectivity index (χ4v) is 7.29. The molecule has 0 aromatic heterocycles. The number of hydrogen-bond donors (Lipinski definition) is 1. The average Bonchev–Trinajstić information content (AvgIpc) is 3.26. The van der Waals surface area contributed by atoms with E-state index in [9.17, 15) is 19.5 Å². The van der Waals surface area contributed by atoms with E-state index in [2.05, 4.69) is 86.8 Å². The van der Waals surface area contributed by atoms with Gasteiger partial charge in [0.25, 0.3) is 0 Å². The number of ether oxygens (including phenoxy) is 3. The molecule has 0 aliphatic heterocycles. The number of allylic oxidation sites excluding steroid dienone is 12. The average molecular weight is 897 g/mol. The summed E-state index contributed by atoms with van der Waals surface area (Å²) in [7, 11) is 5.51. The number of esters is 2. The summed E-state index contributed by atoms with van der Waals surface area (Å²) in [5.41, 5.74) is 0. The largest absolute Gasteiger partial charge is 0.477 e. The van der Waals surface area contributed by atoms with Crippen LogP contribution in [-0.2, 0) is 28.6 Å². The topological polar surface area (TPSA) is 99.1 Å². The van der Waals surface area contributed by atoms with Crippen molar-refractivity contribution in [3.05, 3.63) is 72.9 Å². The second-order valence-electron chi connectivity index (χ2n) is 18.4. The van der Waals surface area contributed by atoms with Crippen LogP contribution in [0.3, 0.4) is 0 Å². The highest BCUT2D eigenvalue weighted by atomic mass is 16.6. The molecule has 0 amide bonds. The first-order valence-corrected chi connectivity index (χ1v) is 26.0. The summed E-state index contributed by atoms with van der Waals surface area (Å²) in [5, 5.41) is 9.65. The van der Waals surface area contributed by atoms with Crippen molar-refractivity contribution in [2.45, 2.75) is 225 Å². The molecule has 0 aromatic carbocycles. The van der Waals surface area contributed by atoms with Crippen LogP contribution in [0.15, 0.2) is 72.9 Å². The number of rotatable bonds is 46. The molecule has 0 spiro atoms. The molecule has 0 aliphatic rings. The molecule has 0 radical (unpaired) electrons. The molecule has 0 saturated heterocycles. The number of nitrogens with zero attached hydrogens (tertiary/aromatic N) is 1. The SMILES string of the molecule is CCCCC/C=C/C/C=C/C/C=C/C/C=C/CCCC(=O)OC(COCCC(C(=O)O)[N+](C)(C)C)COC(=O)CCCCCCCCC/C=C/C/C=C/CCCCCCCCCCC. The maximum atomic E-state index is 12.8. The van der Waals surface area contributed by atoms with E-state index in [1.165, 1.54) is 116 Å². The van der Waals surface area contributed by atoms with E-state index in [1.54, 1.807) is 0 Å². The minimum Gasteiger partial charge on any atom is -0.477 e. The van der Waals surface area contributed by atoms with Crippen molar-refractivity contribution in [1.82, 2.24) is 0 Å². The van der Waals surface area contributed by atoms with E-state index in [1.807, 2.05) is 21.1 Å². The number of carboxylic acid groups (broad SMARTS) is 1. The molecule has 8 nitrogen and oxygen atoms in total. The number of carbonyl (C=O) groups is 3. The van der Waals surface area contributed by atoms with Crippen molar-refractivity contribution < 1.29 is 38.2 Å².